The van der Waals surface area contributed by atoms with Gasteiger partial charge < -0.3 is 31.2 Å². The molecule has 0 fully saturated rings. The zero-order valence-electron chi connectivity index (χ0n) is 15.2. The number of para-hydroxylation sites is 1. The Morgan fingerprint density at radius 3 is 2.64 bits per heavy atom. The van der Waals surface area contributed by atoms with Crippen molar-refractivity contribution in [1.82, 2.24) is 10.6 Å². The van der Waals surface area contributed by atoms with Gasteiger partial charge in [0.05, 0.1) is 11.5 Å². The lowest BCUT2D eigenvalue weighted by Gasteiger charge is -2.28. The second-order valence-electron chi connectivity index (χ2n) is 6.55. The smallest absolute Gasteiger partial charge is 0.534 e. The van der Waals surface area contributed by atoms with E-state index in [2.05, 4.69) is 10.6 Å². The molecule has 3 rings (SSSR count). The Kier molecular flexibility index (Phi) is 6.30. The number of fused-ring (bicyclic) bond motifs is 1. The molecule has 1 heterocycles. The van der Waals surface area contributed by atoms with Gasteiger partial charge in [-0.05, 0) is 35.7 Å². The first-order valence-electron chi connectivity index (χ1n) is 9.00. The van der Waals surface area contributed by atoms with Gasteiger partial charge in [0, 0.05) is 25.2 Å². The molecule has 28 heavy (non-hydrogen) atoms. The summed E-state index contributed by atoms with van der Waals surface area (Å²) in [6.45, 7) is 1.94. The van der Waals surface area contributed by atoms with E-state index in [1.807, 2.05) is 12.1 Å². The van der Waals surface area contributed by atoms with Crippen molar-refractivity contribution in [3.63, 3.8) is 0 Å². The Morgan fingerprint density at radius 2 is 1.96 bits per heavy atom. The second-order valence-corrected chi connectivity index (χ2v) is 6.55. The third-order valence-corrected chi connectivity index (χ3v) is 4.53. The SMILES string of the molecule is NCCNCc1ccc(C(=O)N[C@H]2Cc3cccc(C(=O)O)c3OB2O)cc1. The Morgan fingerprint density at radius 1 is 1.21 bits per heavy atom. The van der Waals surface area contributed by atoms with Crippen LogP contribution in [0.1, 0.15) is 31.8 Å². The van der Waals surface area contributed by atoms with E-state index in [9.17, 15) is 19.7 Å². The number of hydrogen-bond acceptors (Lipinski definition) is 6. The van der Waals surface area contributed by atoms with Crippen molar-refractivity contribution < 1.29 is 24.4 Å². The minimum absolute atomic E-state index is 0.0137. The van der Waals surface area contributed by atoms with Gasteiger partial charge in [0.15, 0.2) is 0 Å². The van der Waals surface area contributed by atoms with Gasteiger partial charge in [-0.25, -0.2) is 4.79 Å². The van der Waals surface area contributed by atoms with Crippen molar-refractivity contribution >= 4 is 19.0 Å². The van der Waals surface area contributed by atoms with E-state index in [1.165, 1.54) is 6.07 Å². The molecule has 0 spiro atoms. The van der Waals surface area contributed by atoms with Gasteiger partial charge in [0.25, 0.3) is 5.91 Å². The molecule has 146 valence electrons. The summed E-state index contributed by atoms with van der Waals surface area (Å²) in [6, 6.07) is 11.9. The van der Waals surface area contributed by atoms with E-state index in [4.69, 9.17) is 10.4 Å². The summed E-state index contributed by atoms with van der Waals surface area (Å²) >= 11 is 0. The Hall–Kier alpha value is -2.88. The van der Waals surface area contributed by atoms with Gasteiger partial charge in [0.1, 0.15) is 5.75 Å². The number of nitrogens with one attached hydrogen (secondary N) is 2. The molecule has 0 radical (unpaired) electrons. The lowest BCUT2D eigenvalue weighted by molar-refractivity contribution is 0.0693. The molecule has 2 aromatic carbocycles. The molecule has 0 aromatic heterocycles. The molecule has 1 atom stereocenters. The van der Waals surface area contributed by atoms with E-state index in [-0.39, 0.29) is 23.6 Å². The quantitative estimate of drug-likeness (QED) is 0.340. The summed E-state index contributed by atoms with van der Waals surface area (Å²) in [6.07, 6.45) is 0.268. The molecule has 0 aliphatic carbocycles. The number of nitrogens with two attached hydrogens (primary N) is 1. The second kappa shape index (κ2) is 8.88. The molecule has 0 saturated heterocycles. The monoisotopic (exact) mass is 383 g/mol. The van der Waals surface area contributed by atoms with Gasteiger partial charge in [0.2, 0.25) is 0 Å². The molecule has 8 nitrogen and oxygen atoms in total. The fourth-order valence-corrected chi connectivity index (χ4v) is 3.08. The third kappa shape index (κ3) is 4.51. The summed E-state index contributed by atoms with van der Waals surface area (Å²) in [5.74, 6) is -2.02. The number of hydrogen-bond donors (Lipinski definition) is 5. The molecule has 0 bridgehead atoms. The van der Waals surface area contributed by atoms with Crippen LogP contribution in [0.2, 0.25) is 0 Å². The Labute approximate surface area is 162 Å². The summed E-state index contributed by atoms with van der Waals surface area (Å²) in [7, 11) is -1.34. The van der Waals surface area contributed by atoms with Gasteiger partial charge in [-0.1, -0.05) is 24.3 Å². The molecular formula is C19H22BN3O5. The van der Waals surface area contributed by atoms with Gasteiger partial charge in [-0.3, -0.25) is 4.79 Å². The Bertz CT molecular complexity index is 859. The molecular weight excluding hydrogens is 361 g/mol. The number of carboxylic acid groups (broad SMARTS) is 1. The van der Waals surface area contributed by atoms with E-state index < -0.39 is 19.0 Å². The van der Waals surface area contributed by atoms with Crippen molar-refractivity contribution in [2.45, 2.75) is 18.9 Å². The van der Waals surface area contributed by atoms with E-state index >= 15 is 0 Å². The van der Waals surface area contributed by atoms with Crippen LogP contribution in [-0.2, 0) is 13.0 Å². The van der Waals surface area contributed by atoms with E-state index in [0.717, 1.165) is 5.56 Å². The maximum Gasteiger partial charge on any atom is 0.547 e. The first-order valence-corrected chi connectivity index (χ1v) is 9.00. The average Bonchev–Trinajstić information content (AvgIpc) is 2.68. The topological polar surface area (TPSA) is 134 Å². The van der Waals surface area contributed by atoms with Gasteiger partial charge in [-0.15, -0.1) is 0 Å². The fourth-order valence-electron chi connectivity index (χ4n) is 3.08. The largest absolute Gasteiger partial charge is 0.547 e. The molecule has 1 aliphatic rings. The van der Waals surface area contributed by atoms with E-state index in [0.29, 0.717) is 30.8 Å². The first kappa shape index (κ1) is 19.9. The van der Waals surface area contributed by atoms with Gasteiger partial charge in [-0.2, -0.15) is 0 Å². The van der Waals surface area contributed by atoms with Crippen LogP contribution in [0.4, 0.5) is 0 Å². The van der Waals surface area contributed by atoms with Crippen molar-refractivity contribution in [2.75, 3.05) is 13.1 Å². The summed E-state index contributed by atoms with van der Waals surface area (Å²) in [4.78, 5) is 23.8. The van der Waals surface area contributed by atoms with Crippen LogP contribution < -0.4 is 21.0 Å². The van der Waals surface area contributed by atoms with Crippen molar-refractivity contribution in [1.29, 1.82) is 0 Å². The zero-order valence-corrected chi connectivity index (χ0v) is 15.2. The summed E-state index contributed by atoms with van der Waals surface area (Å²) in [5.41, 5.74) is 7.53. The predicted molar refractivity (Wildman–Crippen MR) is 104 cm³/mol. The molecule has 1 aliphatic heterocycles. The molecule has 0 saturated carbocycles. The van der Waals surface area contributed by atoms with Crippen molar-refractivity contribution in [3.8, 4) is 5.75 Å². The maximum atomic E-state index is 12.5. The third-order valence-electron chi connectivity index (χ3n) is 4.53. The zero-order chi connectivity index (χ0) is 20.1. The molecule has 9 heteroatoms. The van der Waals surface area contributed by atoms with Crippen LogP contribution in [0.25, 0.3) is 0 Å². The highest BCUT2D eigenvalue weighted by Crippen LogP contribution is 2.30. The van der Waals surface area contributed by atoms with Crippen LogP contribution in [0.3, 0.4) is 0 Å². The van der Waals surface area contributed by atoms with Crippen LogP contribution in [-0.4, -0.2) is 48.2 Å². The van der Waals surface area contributed by atoms with E-state index in [1.54, 1.807) is 24.3 Å². The minimum Gasteiger partial charge on any atom is -0.534 e. The molecule has 2 aromatic rings. The van der Waals surface area contributed by atoms with Crippen LogP contribution in [0.15, 0.2) is 42.5 Å². The number of rotatable bonds is 7. The molecule has 0 unspecified atom stereocenters. The number of carboxylic acids is 1. The maximum absolute atomic E-state index is 12.5. The standard InChI is InChI=1S/C19H22BN3O5/c21-8-9-22-11-12-4-6-13(7-5-12)18(24)23-16-10-14-2-1-3-15(19(25)26)17(14)28-20(16)27/h1-7,16,22,27H,8-11,21H2,(H,23,24)(H,25,26)/t16-/m0/s1. The summed E-state index contributed by atoms with van der Waals surface area (Å²) < 4.78 is 5.39. The lowest BCUT2D eigenvalue weighted by Crippen LogP contribution is -2.53. The highest BCUT2D eigenvalue weighted by molar-refractivity contribution is 6.47. The number of benzene rings is 2. The number of amides is 1. The fraction of sp³-hybridized carbons (Fsp3) is 0.263. The number of carbonyl (C=O) groups is 2. The highest BCUT2D eigenvalue weighted by atomic mass is 16.5. The number of carbonyl (C=O) groups excluding carboxylic acids is 1. The van der Waals surface area contributed by atoms with Crippen molar-refractivity contribution in [3.05, 3.63) is 64.7 Å². The van der Waals surface area contributed by atoms with Crippen molar-refractivity contribution in [2.24, 2.45) is 5.73 Å². The average molecular weight is 383 g/mol. The first-order chi connectivity index (χ1) is 13.5. The summed E-state index contributed by atoms with van der Waals surface area (Å²) in [5, 5.41) is 25.4. The minimum atomic E-state index is -1.34. The Balaban J connectivity index is 1.66. The van der Waals surface area contributed by atoms with Crippen LogP contribution in [0, 0.1) is 0 Å². The molecule has 1 amide bonds. The normalized spacial score (nSPS) is 15.5. The number of aromatic carboxylic acids is 1. The van der Waals surface area contributed by atoms with Crippen LogP contribution in [0.5, 0.6) is 5.75 Å². The highest BCUT2D eigenvalue weighted by Gasteiger charge is 2.37. The lowest BCUT2D eigenvalue weighted by atomic mass is 9.72. The van der Waals surface area contributed by atoms with Crippen LogP contribution >= 0.6 is 0 Å². The predicted octanol–water partition coefficient (Wildman–Crippen LogP) is 0.186. The molecule has 6 N–H and O–H groups in total. The van der Waals surface area contributed by atoms with Gasteiger partial charge >= 0.3 is 13.1 Å².